The van der Waals surface area contributed by atoms with Gasteiger partial charge in [0.2, 0.25) is 0 Å². The van der Waals surface area contributed by atoms with Crippen molar-refractivity contribution in [2.45, 2.75) is 76.2 Å². The molecule has 1 aliphatic rings. The van der Waals surface area contributed by atoms with E-state index in [0.717, 1.165) is 19.3 Å². The van der Waals surface area contributed by atoms with Gasteiger partial charge in [0, 0.05) is 6.61 Å². The summed E-state index contributed by atoms with van der Waals surface area (Å²) in [4.78, 5) is 12.4. The average Bonchev–Trinajstić information content (AvgIpc) is 2.72. The number of benzene rings is 1. The number of aliphatic hydroxyl groups excluding tert-OH is 3. The fourth-order valence-electron chi connectivity index (χ4n) is 3.16. The molecule has 0 unspecified atom stereocenters. The van der Waals surface area contributed by atoms with Gasteiger partial charge < -0.3 is 29.5 Å². The van der Waals surface area contributed by atoms with Crippen LogP contribution < -0.4 is 0 Å². The first kappa shape index (κ1) is 22.8. The highest BCUT2D eigenvalue weighted by atomic mass is 16.7. The Hall–Kier alpha value is -1.51. The van der Waals surface area contributed by atoms with E-state index >= 15 is 0 Å². The predicted octanol–water partition coefficient (Wildman–Crippen LogP) is 2.03. The quantitative estimate of drug-likeness (QED) is 0.388. The van der Waals surface area contributed by atoms with Crippen molar-refractivity contribution >= 4 is 5.97 Å². The van der Waals surface area contributed by atoms with E-state index in [4.69, 9.17) is 14.2 Å². The Balaban J connectivity index is 1.94. The molecule has 3 N–H and O–H groups in total. The minimum Gasteiger partial charge on any atom is -0.450 e. The third kappa shape index (κ3) is 6.53. The molecule has 1 saturated heterocycles. The number of carbonyl (C=O) groups is 1. The summed E-state index contributed by atoms with van der Waals surface area (Å²) in [6.07, 6.45) is 0.472. The van der Waals surface area contributed by atoms with Gasteiger partial charge in [-0.1, -0.05) is 57.2 Å². The van der Waals surface area contributed by atoms with Crippen molar-refractivity contribution in [2.24, 2.45) is 0 Å². The smallest absolute Gasteiger partial charge is 0.338 e. The molecular formula is C21H32O7. The van der Waals surface area contributed by atoms with Crippen LogP contribution in [0.5, 0.6) is 0 Å². The van der Waals surface area contributed by atoms with E-state index in [-0.39, 0.29) is 0 Å². The van der Waals surface area contributed by atoms with Crippen LogP contribution in [-0.4, -0.2) is 65.2 Å². The summed E-state index contributed by atoms with van der Waals surface area (Å²) in [6, 6.07) is 8.37. The molecule has 0 aliphatic carbocycles. The number of ether oxygens (including phenoxy) is 3. The summed E-state index contributed by atoms with van der Waals surface area (Å²) >= 11 is 0. The monoisotopic (exact) mass is 396 g/mol. The van der Waals surface area contributed by atoms with Gasteiger partial charge in [0.15, 0.2) is 12.4 Å². The summed E-state index contributed by atoms with van der Waals surface area (Å²) in [5.74, 6) is -0.643. The first-order chi connectivity index (χ1) is 13.6. The van der Waals surface area contributed by atoms with Crippen molar-refractivity contribution in [2.75, 3.05) is 13.2 Å². The highest BCUT2D eigenvalue weighted by Crippen LogP contribution is 2.25. The summed E-state index contributed by atoms with van der Waals surface area (Å²) in [5, 5.41) is 29.9. The molecule has 0 amide bonds. The van der Waals surface area contributed by atoms with Crippen molar-refractivity contribution in [3.05, 3.63) is 35.9 Å². The molecule has 0 saturated carbocycles. The van der Waals surface area contributed by atoms with Crippen molar-refractivity contribution in [1.29, 1.82) is 0 Å². The summed E-state index contributed by atoms with van der Waals surface area (Å²) in [6.45, 7) is 2.06. The van der Waals surface area contributed by atoms with Gasteiger partial charge in [-0.2, -0.15) is 0 Å². The molecule has 0 radical (unpaired) electrons. The SMILES string of the molecule is CCCCCCCCO[C@@H]1O[C@H](CO)[C@H](O)[C@H](O)[C@H]1OC(=O)c1ccccc1. The van der Waals surface area contributed by atoms with E-state index < -0.39 is 43.3 Å². The Morgan fingerprint density at radius 1 is 1.04 bits per heavy atom. The lowest BCUT2D eigenvalue weighted by Crippen LogP contribution is -2.60. The van der Waals surface area contributed by atoms with Crippen LogP contribution in [0.1, 0.15) is 55.8 Å². The third-order valence-corrected chi connectivity index (χ3v) is 4.86. The Morgan fingerprint density at radius 2 is 1.71 bits per heavy atom. The van der Waals surface area contributed by atoms with E-state index in [1.807, 2.05) is 0 Å². The second kappa shape index (κ2) is 12.1. The van der Waals surface area contributed by atoms with Gasteiger partial charge in [-0.15, -0.1) is 0 Å². The van der Waals surface area contributed by atoms with Crippen LogP contribution in [0.15, 0.2) is 30.3 Å². The Labute approximate surface area is 166 Å². The van der Waals surface area contributed by atoms with Gasteiger partial charge in [0.1, 0.15) is 18.3 Å². The number of hydrogen-bond acceptors (Lipinski definition) is 7. The number of esters is 1. The lowest BCUT2D eigenvalue weighted by Gasteiger charge is -2.41. The predicted molar refractivity (Wildman–Crippen MR) is 103 cm³/mol. The molecule has 1 heterocycles. The summed E-state index contributed by atoms with van der Waals surface area (Å²) in [5.41, 5.74) is 0.322. The molecular weight excluding hydrogens is 364 g/mol. The van der Waals surface area contributed by atoms with Crippen LogP contribution in [0.2, 0.25) is 0 Å². The molecule has 2 rings (SSSR count). The zero-order valence-electron chi connectivity index (χ0n) is 16.4. The number of unbranched alkanes of at least 4 members (excludes halogenated alkanes) is 5. The van der Waals surface area contributed by atoms with Crippen LogP contribution in [0.3, 0.4) is 0 Å². The van der Waals surface area contributed by atoms with Crippen molar-refractivity contribution in [3.8, 4) is 0 Å². The van der Waals surface area contributed by atoms with Gasteiger partial charge in [-0.25, -0.2) is 4.79 Å². The number of aliphatic hydroxyl groups is 3. The van der Waals surface area contributed by atoms with Crippen LogP contribution >= 0.6 is 0 Å². The lowest BCUT2D eigenvalue weighted by atomic mass is 9.99. The first-order valence-electron chi connectivity index (χ1n) is 10.1. The third-order valence-electron chi connectivity index (χ3n) is 4.86. The first-order valence-corrected chi connectivity index (χ1v) is 10.1. The van der Waals surface area contributed by atoms with Gasteiger partial charge in [0.05, 0.1) is 12.2 Å². The Bertz CT molecular complexity index is 565. The van der Waals surface area contributed by atoms with Crippen LogP contribution in [0.4, 0.5) is 0 Å². The normalized spacial score (nSPS) is 27.5. The Morgan fingerprint density at radius 3 is 2.39 bits per heavy atom. The van der Waals surface area contributed by atoms with Gasteiger partial charge in [-0.3, -0.25) is 0 Å². The zero-order valence-corrected chi connectivity index (χ0v) is 16.4. The van der Waals surface area contributed by atoms with E-state index in [9.17, 15) is 20.1 Å². The molecule has 0 spiro atoms. The molecule has 0 aromatic heterocycles. The fraction of sp³-hybridized carbons (Fsp3) is 0.667. The maximum absolute atomic E-state index is 12.4. The average molecular weight is 396 g/mol. The van der Waals surface area contributed by atoms with Crippen molar-refractivity contribution in [1.82, 2.24) is 0 Å². The zero-order chi connectivity index (χ0) is 20.4. The van der Waals surface area contributed by atoms with Crippen molar-refractivity contribution < 1.29 is 34.3 Å². The molecule has 7 nitrogen and oxygen atoms in total. The maximum Gasteiger partial charge on any atom is 0.338 e. The highest BCUT2D eigenvalue weighted by molar-refractivity contribution is 5.89. The van der Waals surface area contributed by atoms with Crippen molar-refractivity contribution in [3.63, 3.8) is 0 Å². The van der Waals surface area contributed by atoms with E-state index in [0.29, 0.717) is 12.2 Å². The van der Waals surface area contributed by atoms with Gasteiger partial charge in [-0.05, 0) is 18.6 Å². The van der Waals surface area contributed by atoms with E-state index in [2.05, 4.69) is 6.92 Å². The van der Waals surface area contributed by atoms with E-state index in [1.54, 1.807) is 30.3 Å². The second-order valence-electron chi connectivity index (χ2n) is 7.08. The molecule has 1 fully saturated rings. The minimum absolute atomic E-state index is 0.322. The molecule has 0 bridgehead atoms. The minimum atomic E-state index is -1.42. The molecule has 5 atom stereocenters. The second-order valence-corrected chi connectivity index (χ2v) is 7.08. The number of hydrogen-bond donors (Lipinski definition) is 3. The fourth-order valence-corrected chi connectivity index (χ4v) is 3.16. The largest absolute Gasteiger partial charge is 0.450 e. The molecule has 158 valence electrons. The van der Waals surface area contributed by atoms with E-state index in [1.165, 1.54) is 19.3 Å². The maximum atomic E-state index is 12.4. The van der Waals surface area contributed by atoms with Crippen LogP contribution in [-0.2, 0) is 14.2 Å². The van der Waals surface area contributed by atoms with Crippen LogP contribution in [0.25, 0.3) is 0 Å². The molecule has 1 aromatic rings. The van der Waals surface area contributed by atoms with Crippen LogP contribution in [0, 0.1) is 0 Å². The summed E-state index contributed by atoms with van der Waals surface area (Å²) < 4.78 is 16.7. The molecule has 1 aromatic carbocycles. The molecule has 7 heteroatoms. The highest BCUT2D eigenvalue weighted by Gasteiger charge is 2.47. The molecule has 28 heavy (non-hydrogen) atoms. The standard InChI is InChI=1S/C21H32O7/c1-2-3-4-5-6-10-13-26-21-19(18(24)17(23)16(14-22)27-21)28-20(25)15-11-8-7-9-12-15/h7-9,11-12,16-19,21-24H,2-6,10,13-14H2,1H3/t16-,17+,18+,19-,21-/m1/s1. The van der Waals surface area contributed by atoms with Gasteiger partial charge >= 0.3 is 5.97 Å². The molecule has 1 aliphatic heterocycles. The topological polar surface area (TPSA) is 105 Å². The Kier molecular flexibility index (Phi) is 9.87. The lowest BCUT2D eigenvalue weighted by molar-refractivity contribution is -0.300. The number of rotatable bonds is 11. The summed E-state index contributed by atoms with van der Waals surface area (Å²) in [7, 11) is 0. The number of carbonyl (C=O) groups excluding carboxylic acids is 1. The van der Waals surface area contributed by atoms with Gasteiger partial charge in [0.25, 0.3) is 0 Å².